The molecule has 4 rings (SSSR count). The fourth-order valence-corrected chi connectivity index (χ4v) is 5.04. The number of nitrogens with two attached hydrogens (primary N) is 1. The molecule has 2 atom stereocenters. The summed E-state index contributed by atoms with van der Waals surface area (Å²) in [6.07, 6.45) is 2.96. The van der Waals surface area contributed by atoms with E-state index < -0.39 is 11.9 Å². The van der Waals surface area contributed by atoms with Crippen molar-refractivity contribution < 1.29 is 9.59 Å². The van der Waals surface area contributed by atoms with E-state index in [2.05, 4.69) is 16.0 Å². The molecule has 2 aliphatic heterocycles. The van der Waals surface area contributed by atoms with Crippen molar-refractivity contribution in [2.45, 2.75) is 45.2 Å². The van der Waals surface area contributed by atoms with Gasteiger partial charge in [-0.25, -0.2) is 4.79 Å². The van der Waals surface area contributed by atoms with Crippen LogP contribution in [0.2, 0.25) is 5.02 Å². The highest BCUT2D eigenvalue weighted by molar-refractivity contribution is 7.17. The normalized spacial score (nSPS) is 19.5. The average molecular weight is 407 g/mol. The van der Waals surface area contributed by atoms with E-state index in [1.54, 1.807) is 24.3 Å². The van der Waals surface area contributed by atoms with Crippen molar-refractivity contribution >= 4 is 45.6 Å². The quantitative estimate of drug-likeness (QED) is 0.603. The van der Waals surface area contributed by atoms with Crippen molar-refractivity contribution in [3.8, 4) is 0 Å². The number of rotatable bonds is 3. The fourth-order valence-electron chi connectivity index (χ4n) is 3.57. The highest BCUT2D eigenvalue weighted by Gasteiger charge is 2.38. The van der Waals surface area contributed by atoms with Crippen molar-refractivity contribution in [3.63, 3.8) is 0 Å². The van der Waals surface area contributed by atoms with Gasteiger partial charge < -0.3 is 16.4 Å². The molecule has 2 aromatic rings. The number of carbonyl (C=O) groups excluding carboxylic acids is 2. The predicted octanol–water partition coefficient (Wildman–Crippen LogP) is 4.52. The first-order valence-electron chi connectivity index (χ1n) is 9.06. The molecule has 1 saturated heterocycles. The summed E-state index contributed by atoms with van der Waals surface area (Å²) < 4.78 is 0. The number of urea groups is 1. The zero-order valence-electron chi connectivity index (χ0n) is 15.3. The van der Waals surface area contributed by atoms with Crippen LogP contribution in [0.4, 0.5) is 15.5 Å². The van der Waals surface area contributed by atoms with E-state index in [1.807, 2.05) is 13.8 Å². The van der Waals surface area contributed by atoms with Gasteiger partial charge in [0.05, 0.1) is 5.56 Å². The second-order valence-electron chi connectivity index (χ2n) is 6.29. The number of halogens is 1. The van der Waals surface area contributed by atoms with Gasteiger partial charge in [0.25, 0.3) is 5.91 Å². The Labute approximate surface area is 167 Å². The number of thiophene rings is 1. The van der Waals surface area contributed by atoms with Crippen LogP contribution in [0.15, 0.2) is 24.3 Å². The molecule has 0 spiro atoms. The van der Waals surface area contributed by atoms with E-state index in [9.17, 15) is 9.59 Å². The first-order valence-corrected chi connectivity index (χ1v) is 10.3. The summed E-state index contributed by atoms with van der Waals surface area (Å²) >= 11 is 7.28. The van der Waals surface area contributed by atoms with Gasteiger partial charge in [-0.05, 0) is 49.1 Å². The highest BCUT2D eigenvalue weighted by atomic mass is 35.5. The number of primary amides is 1. The van der Waals surface area contributed by atoms with Gasteiger partial charge in [-0.15, -0.1) is 11.3 Å². The van der Waals surface area contributed by atoms with Crippen LogP contribution in [0.5, 0.6) is 0 Å². The van der Waals surface area contributed by atoms with Crippen molar-refractivity contribution in [3.05, 3.63) is 45.3 Å². The van der Waals surface area contributed by atoms with Gasteiger partial charge in [0.15, 0.2) is 0 Å². The first-order chi connectivity index (χ1) is 13.0. The Kier molecular flexibility index (Phi) is 6.04. The third kappa shape index (κ3) is 4.10. The standard InChI is InChI=1S/C17H17ClN4O2S.C2H6/c18-8-1-3-9(4-2-8)21-17(24)22-16-14(15(19)23)13-11-6-5-10(20-11)7-12(13)25-16;1-2/h1-4,10-11,20H,5-7H2,(H2,19,23)(H2,21,22,24);1-2H3/t10-,11+;/m0./s1. The minimum atomic E-state index is -0.508. The molecule has 1 fully saturated rings. The van der Waals surface area contributed by atoms with Crippen LogP contribution in [-0.2, 0) is 6.42 Å². The van der Waals surface area contributed by atoms with Crippen molar-refractivity contribution in [1.29, 1.82) is 0 Å². The van der Waals surface area contributed by atoms with E-state index in [4.69, 9.17) is 17.3 Å². The van der Waals surface area contributed by atoms with E-state index >= 15 is 0 Å². The Balaban J connectivity index is 0.00000102. The zero-order chi connectivity index (χ0) is 19.6. The minimum Gasteiger partial charge on any atom is -0.365 e. The van der Waals surface area contributed by atoms with E-state index in [0.717, 1.165) is 29.7 Å². The van der Waals surface area contributed by atoms with E-state index in [-0.39, 0.29) is 6.04 Å². The molecule has 6 nitrogen and oxygen atoms in total. The summed E-state index contributed by atoms with van der Waals surface area (Å²) in [5.41, 5.74) is 7.63. The molecular weight excluding hydrogens is 384 g/mol. The summed E-state index contributed by atoms with van der Waals surface area (Å²) in [6.45, 7) is 4.00. The molecule has 0 unspecified atom stereocenters. The zero-order valence-corrected chi connectivity index (χ0v) is 16.8. The Morgan fingerprint density at radius 3 is 2.56 bits per heavy atom. The second-order valence-corrected chi connectivity index (χ2v) is 7.83. The Morgan fingerprint density at radius 1 is 1.19 bits per heavy atom. The van der Waals surface area contributed by atoms with Crippen LogP contribution in [0.25, 0.3) is 0 Å². The number of nitrogens with one attached hydrogen (secondary N) is 3. The first kappa shape index (κ1) is 19.7. The van der Waals surface area contributed by atoms with Crippen LogP contribution >= 0.6 is 22.9 Å². The van der Waals surface area contributed by atoms with Gasteiger partial charge in [0.1, 0.15) is 5.00 Å². The van der Waals surface area contributed by atoms with Crippen LogP contribution in [0, 0.1) is 0 Å². The second kappa shape index (κ2) is 8.29. The lowest BCUT2D eigenvalue weighted by Gasteiger charge is -2.22. The number of hydrogen-bond acceptors (Lipinski definition) is 4. The van der Waals surface area contributed by atoms with Gasteiger partial charge in [0.2, 0.25) is 0 Å². The summed E-state index contributed by atoms with van der Waals surface area (Å²) in [5, 5.41) is 10.1. The monoisotopic (exact) mass is 406 g/mol. The molecular formula is C19H23ClN4O2S. The lowest BCUT2D eigenvalue weighted by Crippen LogP contribution is -2.32. The van der Waals surface area contributed by atoms with Crippen LogP contribution in [0.1, 0.15) is 53.5 Å². The van der Waals surface area contributed by atoms with Gasteiger partial charge >= 0.3 is 6.03 Å². The summed E-state index contributed by atoms with van der Waals surface area (Å²) in [5.74, 6) is -0.508. The Morgan fingerprint density at radius 2 is 1.89 bits per heavy atom. The van der Waals surface area contributed by atoms with E-state index in [1.165, 1.54) is 11.3 Å². The number of fused-ring (bicyclic) bond motifs is 4. The number of hydrogen-bond donors (Lipinski definition) is 4. The summed E-state index contributed by atoms with van der Waals surface area (Å²) in [6, 6.07) is 6.99. The SMILES string of the molecule is CC.NC(=O)c1c(NC(=O)Nc2ccc(Cl)cc2)sc2c1[C@H]1CC[C@@H](C2)N1. The van der Waals surface area contributed by atoms with Crippen LogP contribution in [-0.4, -0.2) is 18.0 Å². The predicted molar refractivity (Wildman–Crippen MR) is 111 cm³/mol. The smallest absolute Gasteiger partial charge is 0.324 e. The lowest BCUT2D eigenvalue weighted by molar-refractivity contribution is 0.1000. The molecule has 3 heterocycles. The summed E-state index contributed by atoms with van der Waals surface area (Å²) in [7, 11) is 0. The molecule has 0 aliphatic carbocycles. The Bertz CT molecular complexity index is 850. The molecule has 2 aliphatic rings. The van der Waals surface area contributed by atoms with E-state index in [0.29, 0.717) is 27.3 Å². The molecule has 8 heteroatoms. The van der Waals surface area contributed by atoms with Crippen molar-refractivity contribution in [2.75, 3.05) is 10.6 Å². The maximum absolute atomic E-state index is 12.3. The molecule has 27 heavy (non-hydrogen) atoms. The van der Waals surface area contributed by atoms with Crippen molar-refractivity contribution in [2.24, 2.45) is 5.73 Å². The van der Waals surface area contributed by atoms with Gasteiger partial charge in [-0.2, -0.15) is 0 Å². The molecule has 3 amide bonds. The minimum absolute atomic E-state index is 0.155. The molecule has 2 bridgehead atoms. The lowest BCUT2D eigenvalue weighted by atomic mass is 9.98. The van der Waals surface area contributed by atoms with Gasteiger partial charge in [-0.1, -0.05) is 25.4 Å². The summed E-state index contributed by atoms with van der Waals surface area (Å²) in [4.78, 5) is 25.5. The molecule has 5 N–H and O–H groups in total. The molecule has 0 saturated carbocycles. The number of carbonyl (C=O) groups is 2. The molecule has 1 aromatic heterocycles. The number of amides is 3. The number of anilines is 2. The Hall–Kier alpha value is -2.09. The van der Waals surface area contributed by atoms with Crippen LogP contribution < -0.4 is 21.7 Å². The van der Waals surface area contributed by atoms with Crippen molar-refractivity contribution in [1.82, 2.24) is 5.32 Å². The molecule has 144 valence electrons. The number of benzene rings is 1. The largest absolute Gasteiger partial charge is 0.365 e. The highest BCUT2D eigenvalue weighted by Crippen LogP contribution is 2.45. The maximum atomic E-state index is 12.3. The third-order valence-electron chi connectivity index (χ3n) is 4.62. The third-order valence-corrected chi connectivity index (χ3v) is 6.01. The maximum Gasteiger partial charge on any atom is 0.324 e. The topological polar surface area (TPSA) is 96.2 Å². The van der Waals surface area contributed by atoms with Gasteiger partial charge in [-0.3, -0.25) is 10.1 Å². The molecule has 0 radical (unpaired) electrons. The van der Waals surface area contributed by atoms with Gasteiger partial charge in [0, 0.05) is 27.7 Å². The fraction of sp³-hybridized carbons (Fsp3) is 0.368. The van der Waals surface area contributed by atoms with Crippen LogP contribution in [0.3, 0.4) is 0 Å². The average Bonchev–Trinajstić information content (AvgIpc) is 3.20. The molecule has 1 aromatic carbocycles.